The normalized spacial score (nSPS) is 32.2. The van der Waals surface area contributed by atoms with Gasteiger partial charge in [0.2, 0.25) is 0 Å². The number of rotatable bonds is 3. The molecule has 2 saturated carbocycles. The van der Waals surface area contributed by atoms with Crippen LogP contribution >= 0.6 is 0 Å². The van der Waals surface area contributed by atoms with Crippen LogP contribution in [0.2, 0.25) is 0 Å². The van der Waals surface area contributed by atoms with Gasteiger partial charge in [0.05, 0.1) is 5.56 Å². The molecule has 0 bridgehead atoms. The Hall–Kier alpha value is -2.94. The Bertz CT molecular complexity index is 1340. The molecule has 0 N–H and O–H groups in total. The second kappa shape index (κ2) is 9.07. The van der Waals surface area contributed by atoms with E-state index >= 15 is 0 Å². The molecule has 0 spiro atoms. The summed E-state index contributed by atoms with van der Waals surface area (Å²) in [6, 6.07) is 12.2. The summed E-state index contributed by atoms with van der Waals surface area (Å²) in [5.41, 5.74) is 7.80. The van der Waals surface area contributed by atoms with E-state index in [1.54, 1.807) is 5.57 Å². The Morgan fingerprint density at radius 2 is 1.84 bits per heavy atom. The maximum absolute atomic E-state index is 13.3. The lowest BCUT2D eigenvalue weighted by molar-refractivity contribution is 0.00228. The molecular formula is C35H41NO2. The van der Waals surface area contributed by atoms with E-state index in [2.05, 4.69) is 70.0 Å². The van der Waals surface area contributed by atoms with Crippen LogP contribution in [0.15, 0.2) is 78.2 Å². The zero-order valence-corrected chi connectivity index (χ0v) is 23.6. The molecule has 6 rings (SSSR count). The van der Waals surface area contributed by atoms with Gasteiger partial charge in [0, 0.05) is 24.2 Å². The van der Waals surface area contributed by atoms with Gasteiger partial charge >= 0.3 is 5.97 Å². The van der Waals surface area contributed by atoms with E-state index < -0.39 is 0 Å². The molecule has 1 aromatic heterocycles. The summed E-state index contributed by atoms with van der Waals surface area (Å²) in [5, 5.41) is 0. The lowest BCUT2D eigenvalue weighted by Gasteiger charge is -2.56. The van der Waals surface area contributed by atoms with Crippen molar-refractivity contribution in [2.75, 3.05) is 0 Å². The molecule has 198 valence electrons. The number of hydrogen-bond donors (Lipinski definition) is 0. The van der Waals surface area contributed by atoms with Gasteiger partial charge < -0.3 is 4.74 Å². The van der Waals surface area contributed by atoms with Crippen molar-refractivity contribution in [2.45, 2.75) is 84.7 Å². The van der Waals surface area contributed by atoms with Crippen molar-refractivity contribution < 1.29 is 9.53 Å². The predicted molar refractivity (Wildman–Crippen MR) is 154 cm³/mol. The van der Waals surface area contributed by atoms with Crippen LogP contribution in [0, 0.1) is 22.7 Å². The molecule has 1 aromatic carbocycles. The average Bonchev–Trinajstić information content (AvgIpc) is 3.26. The van der Waals surface area contributed by atoms with E-state index in [1.165, 1.54) is 29.6 Å². The number of ether oxygens (including phenoxy) is 1. The number of hydrogen-bond acceptors (Lipinski definition) is 3. The zero-order chi connectivity index (χ0) is 26.7. The van der Waals surface area contributed by atoms with Gasteiger partial charge in [-0.1, -0.05) is 88.3 Å². The van der Waals surface area contributed by atoms with E-state index in [9.17, 15) is 4.79 Å². The number of allylic oxidation sites excluding steroid dienone is 5. The van der Waals surface area contributed by atoms with Gasteiger partial charge in [-0.2, -0.15) is 0 Å². The van der Waals surface area contributed by atoms with Crippen molar-refractivity contribution in [2.24, 2.45) is 22.7 Å². The molecule has 3 heteroatoms. The van der Waals surface area contributed by atoms with Crippen molar-refractivity contribution in [1.29, 1.82) is 0 Å². The largest absolute Gasteiger partial charge is 0.458 e. The van der Waals surface area contributed by atoms with Crippen LogP contribution in [0.3, 0.4) is 0 Å². The van der Waals surface area contributed by atoms with Crippen LogP contribution in [-0.4, -0.2) is 17.1 Å². The summed E-state index contributed by atoms with van der Waals surface area (Å²) >= 11 is 0. The first-order chi connectivity index (χ1) is 18.1. The molecule has 3 nitrogen and oxygen atoms in total. The topological polar surface area (TPSA) is 39.2 Å². The quantitative estimate of drug-likeness (QED) is 0.309. The SMILES string of the molecule is CC(C)(C)c1ccccc1C(=O)O[C@H]1CC[C@@]2(C)C(=CC[C@H]3C4=CC=C(c5cccnc5)[C@@]4(C)CC[C@@H]32)C1. The third kappa shape index (κ3) is 4.01. The maximum atomic E-state index is 13.3. The van der Waals surface area contributed by atoms with Crippen LogP contribution in [0.4, 0.5) is 0 Å². The second-order valence-electron chi connectivity index (χ2n) is 13.5. The summed E-state index contributed by atoms with van der Waals surface area (Å²) in [4.78, 5) is 17.7. The van der Waals surface area contributed by atoms with Crippen LogP contribution in [0.1, 0.15) is 94.6 Å². The monoisotopic (exact) mass is 507 g/mol. The molecule has 0 aliphatic heterocycles. The van der Waals surface area contributed by atoms with Gasteiger partial charge in [-0.3, -0.25) is 4.98 Å². The zero-order valence-electron chi connectivity index (χ0n) is 23.6. The van der Waals surface area contributed by atoms with Crippen molar-refractivity contribution in [3.8, 4) is 0 Å². The van der Waals surface area contributed by atoms with Gasteiger partial charge in [-0.15, -0.1) is 0 Å². The first-order valence-corrected chi connectivity index (χ1v) is 14.4. The third-order valence-corrected chi connectivity index (χ3v) is 10.3. The lowest BCUT2D eigenvalue weighted by atomic mass is 9.49. The first-order valence-electron chi connectivity index (χ1n) is 14.4. The minimum absolute atomic E-state index is 0.0372. The summed E-state index contributed by atoms with van der Waals surface area (Å²) in [7, 11) is 0. The molecule has 0 saturated heterocycles. The molecule has 5 atom stereocenters. The third-order valence-electron chi connectivity index (χ3n) is 10.3. The Balaban J connectivity index is 1.20. The summed E-state index contributed by atoms with van der Waals surface area (Å²) in [5.74, 6) is 1.07. The molecule has 1 heterocycles. The standard InChI is InChI=1S/C35H41NO2/c1-33(2,3)29-11-7-6-10-27(29)32(37)38-25-16-18-34(4)24(21-25)12-13-26-30-15-14-28(23-9-8-20-36-22-23)35(30,5)19-17-31(26)34/h6-12,14-15,20,22,25-26,31H,13,16-19,21H2,1-5H3/t25-,26-,31-,34-,35+/m0/s1. The molecule has 4 aliphatic rings. The van der Waals surface area contributed by atoms with Gasteiger partial charge in [-0.25, -0.2) is 4.79 Å². The summed E-state index contributed by atoms with van der Waals surface area (Å²) < 4.78 is 6.19. The number of pyridine rings is 1. The van der Waals surface area contributed by atoms with Gasteiger partial charge in [0.25, 0.3) is 0 Å². The summed E-state index contributed by atoms with van der Waals surface area (Å²) in [6.07, 6.45) is 17.6. The number of benzene rings is 1. The molecule has 38 heavy (non-hydrogen) atoms. The summed E-state index contributed by atoms with van der Waals surface area (Å²) in [6.45, 7) is 11.4. The molecular weight excluding hydrogens is 466 g/mol. The van der Waals surface area contributed by atoms with E-state index in [4.69, 9.17) is 4.74 Å². The van der Waals surface area contributed by atoms with E-state index in [-0.39, 0.29) is 28.3 Å². The first kappa shape index (κ1) is 25.3. The number of carbonyl (C=O) groups excluding carboxylic acids is 1. The molecule has 2 fully saturated rings. The fraction of sp³-hybridized carbons (Fsp3) is 0.486. The smallest absolute Gasteiger partial charge is 0.338 e. The van der Waals surface area contributed by atoms with Crippen LogP contribution in [0.25, 0.3) is 5.57 Å². The van der Waals surface area contributed by atoms with E-state index in [0.29, 0.717) is 17.4 Å². The highest BCUT2D eigenvalue weighted by molar-refractivity contribution is 5.91. The number of fused-ring (bicyclic) bond motifs is 5. The number of nitrogens with zero attached hydrogens (tertiary/aromatic N) is 1. The van der Waals surface area contributed by atoms with Crippen molar-refractivity contribution in [3.63, 3.8) is 0 Å². The van der Waals surface area contributed by atoms with Gasteiger partial charge in [0.1, 0.15) is 6.10 Å². The highest BCUT2D eigenvalue weighted by atomic mass is 16.5. The average molecular weight is 508 g/mol. The van der Waals surface area contributed by atoms with Crippen molar-refractivity contribution in [1.82, 2.24) is 4.98 Å². The lowest BCUT2D eigenvalue weighted by Crippen LogP contribution is -2.47. The van der Waals surface area contributed by atoms with Crippen molar-refractivity contribution >= 4 is 11.5 Å². The van der Waals surface area contributed by atoms with Gasteiger partial charge in [0.15, 0.2) is 0 Å². The van der Waals surface area contributed by atoms with E-state index in [0.717, 1.165) is 31.2 Å². The molecule has 4 aliphatic carbocycles. The van der Waals surface area contributed by atoms with Crippen LogP contribution < -0.4 is 0 Å². The Kier molecular flexibility index (Phi) is 6.05. The number of esters is 1. The fourth-order valence-electron chi connectivity index (χ4n) is 8.20. The van der Waals surface area contributed by atoms with Crippen LogP contribution in [0.5, 0.6) is 0 Å². The Morgan fingerprint density at radius 3 is 2.61 bits per heavy atom. The molecule has 0 unspecified atom stereocenters. The Labute approximate surface area is 228 Å². The highest BCUT2D eigenvalue weighted by Gasteiger charge is 2.54. The minimum Gasteiger partial charge on any atom is -0.458 e. The second-order valence-corrected chi connectivity index (χ2v) is 13.5. The molecule has 0 amide bonds. The van der Waals surface area contributed by atoms with E-state index in [1.807, 2.05) is 36.7 Å². The maximum Gasteiger partial charge on any atom is 0.338 e. The molecule has 0 radical (unpaired) electrons. The Morgan fingerprint density at radius 1 is 1.03 bits per heavy atom. The minimum atomic E-state index is -0.169. The number of aromatic nitrogens is 1. The predicted octanol–water partition coefficient (Wildman–Crippen LogP) is 8.48. The highest BCUT2D eigenvalue weighted by Crippen LogP contribution is 2.64. The van der Waals surface area contributed by atoms with Gasteiger partial charge in [-0.05, 0) is 83.6 Å². The number of carbonyl (C=O) groups is 1. The fourth-order valence-corrected chi connectivity index (χ4v) is 8.20. The van der Waals surface area contributed by atoms with Crippen molar-refractivity contribution in [3.05, 3.63) is 94.9 Å². The molecule has 2 aromatic rings. The van der Waals surface area contributed by atoms with Crippen LogP contribution in [-0.2, 0) is 10.2 Å².